The van der Waals surface area contributed by atoms with Crippen molar-refractivity contribution < 1.29 is 19.0 Å². The topological polar surface area (TPSA) is 94.9 Å². The van der Waals surface area contributed by atoms with E-state index >= 15 is 0 Å². The zero-order chi connectivity index (χ0) is 20.2. The first kappa shape index (κ1) is 19.4. The lowest BCUT2D eigenvalue weighted by atomic mass is 10.1. The maximum absolute atomic E-state index is 12.6. The molecule has 2 aromatic rings. The normalized spacial score (nSPS) is 21.8. The van der Waals surface area contributed by atoms with Gasteiger partial charge in [0.2, 0.25) is 0 Å². The van der Waals surface area contributed by atoms with Gasteiger partial charge in [0.15, 0.2) is 0 Å². The van der Waals surface area contributed by atoms with Gasteiger partial charge in [0, 0.05) is 24.7 Å². The van der Waals surface area contributed by atoms with Crippen molar-refractivity contribution in [3.8, 4) is 17.0 Å². The average molecular weight is 400 g/mol. The Balaban J connectivity index is 1.56. The van der Waals surface area contributed by atoms with Crippen LogP contribution in [0.4, 0.5) is 4.79 Å². The first-order valence-corrected chi connectivity index (χ1v) is 9.61. The molecule has 2 aliphatic heterocycles. The molecular weight excluding hydrogens is 376 g/mol. The summed E-state index contributed by atoms with van der Waals surface area (Å²) in [5, 5.41) is 7.54. The van der Waals surface area contributed by atoms with Crippen LogP contribution in [0.15, 0.2) is 41.2 Å². The molecule has 9 heteroatoms. The van der Waals surface area contributed by atoms with E-state index in [1.54, 1.807) is 18.1 Å². The number of urea groups is 1. The minimum absolute atomic E-state index is 0.175. The number of carbonyl (C=O) groups excluding carboxylic acids is 1. The highest BCUT2D eigenvalue weighted by Gasteiger charge is 2.34. The molecule has 0 radical (unpaired) electrons. The van der Waals surface area contributed by atoms with E-state index in [-0.39, 0.29) is 23.7 Å². The number of nitrogens with zero attached hydrogens (tertiary/aromatic N) is 3. The molecule has 1 aromatic carbocycles. The fraction of sp³-hybridized carbons (Fsp3) is 0.450. The number of aromatic nitrogens is 2. The molecule has 154 valence electrons. The third-order valence-electron chi connectivity index (χ3n) is 5.16. The van der Waals surface area contributed by atoms with E-state index in [1.165, 1.54) is 10.7 Å². The number of amides is 2. The number of morpholine rings is 1. The lowest BCUT2D eigenvalue weighted by Gasteiger charge is -2.29. The minimum atomic E-state index is -0.377. The molecule has 1 aromatic heterocycles. The first-order valence-electron chi connectivity index (χ1n) is 9.61. The van der Waals surface area contributed by atoms with Gasteiger partial charge in [-0.25, -0.2) is 9.48 Å². The Morgan fingerprint density at radius 3 is 2.79 bits per heavy atom. The molecule has 2 unspecified atom stereocenters. The van der Waals surface area contributed by atoms with Crippen molar-refractivity contribution in [1.82, 2.24) is 20.0 Å². The van der Waals surface area contributed by atoms with E-state index in [0.29, 0.717) is 51.0 Å². The summed E-state index contributed by atoms with van der Waals surface area (Å²) >= 11 is 0. The minimum Gasteiger partial charge on any atom is -0.497 e. The second-order valence-corrected chi connectivity index (χ2v) is 6.99. The molecule has 0 saturated carbocycles. The molecule has 2 saturated heterocycles. The number of nitrogens with one attached hydrogen (secondary N) is 1. The second kappa shape index (κ2) is 8.62. The summed E-state index contributed by atoms with van der Waals surface area (Å²) in [6.45, 7) is 2.80. The van der Waals surface area contributed by atoms with Gasteiger partial charge in [-0.15, -0.1) is 0 Å². The number of ether oxygens (including phenoxy) is 3. The van der Waals surface area contributed by atoms with E-state index in [2.05, 4.69) is 10.4 Å². The zero-order valence-electron chi connectivity index (χ0n) is 16.2. The lowest BCUT2D eigenvalue weighted by Crippen LogP contribution is -2.52. The van der Waals surface area contributed by atoms with E-state index in [9.17, 15) is 9.59 Å². The van der Waals surface area contributed by atoms with Gasteiger partial charge in [0.05, 0.1) is 45.3 Å². The van der Waals surface area contributed by atoms with Gasteiger partial charge >= 0.3 is 6.03 Å². The maximum atomic E-state index is 12.6. The van der Waals surface area contributed by atoms with Crippen LogP contribution in [-0.4, -0.2) is 73.4 Å². The number of carbonyl (C=O) groups is 1. The van der Waals surface area contributed by atoms with Gasteiger partial charge in [0.1, 0.15) is 11.8 Å². The van der Waals surface area contributed by atoms with Crippen LogP contribution in [0, 0.1) is 0 Å². The predicted octanol–water partition coefficient (Wildman–Crippen LogP) is 0.901. The molecular formula is C20H24N4O5. The van der Waals surface area contributed by atoms with Crippen molar-refractivity contribution >= 4 is 6.03 Å². The molecule has 2 atom stereocenters. The van der Waals surface area contributed by atoms with Crippen molar-refractivity contribution in [2.24, 2.45) is 0 Å². The fourth-order valence-corrected chi connectivity index (χ4v) is 3.54. The molecule has 9 nitrogen and oxygen atoms in total. The average Bonchev–Trinajstić information content (AvgIpc) is 3.22. The number of methoxy groups -OCH3 is 1. The standard InChI is InChI=1S/C20H24N4O5/c1-27-15-4-2-3-14(11-15)16-5-6-19(25)24(22-16)18-13-29-12-17(18)21-20(26)23-7-9-28-10-8-23/h2-6,11,17-18H,7-10,12-13H2,1H3,(H,21,26). The van der Waals surface area contributed by atoms with E-state index in [4.69, 9.17) is 14.2 Å². The SMILES string of the molecule is COc1cccc(-c2ccc(=O)n(C3COCC3NC(=O)N3CCOCC3)n2)c1. The molecule has 0 aliphatic carbocycles. The van der Waals surface area contributed by atoms with Crippen LogP contribution in [0.3, 0.4) is 0 Å². The molecule has 2 aliphatic rings. The molecule has 1 N–H and O–H groups in total. The molecule has 4 rings (SSSR count). The monoisotopic (exact) mass is 400 g/mol. The Morgan fingerprint density at radius 2 is 2.00 bits per heavy atom. The van der Waals surface area contributed by atoms with Crippen LogP contribution in [0.25, 0.3) is 11.3 Å². The van der Waals surface area contributed by atoms with Gasteiger partial charge in [-0.2, -0.15) is 5.10 Å². The van der Waals surface area contributed by atoms with E-state index in [0.717, 1.165) is 5.56 Å². The molecule has 3 heterocycles. The van der Waals surface area contributed by atoms with Crippen LogP contribution in [-0.2, 0) is 9.47 Å². The number of benzene rings is 1. The van der Waals surface area contributed by atoms with Crippen molar-refractivity contribution in [2.75, 3.05) is 46.6 Å². The fourth-order valence-electron chi connectivity index (χ4n) is 3.54. The van der Waals surface area contributed by atoms with Crippen LogP contribution < -0.4 is 15.6 Å². The highest BCUT2D eigenvalue weighted by Crippen LogP contribution is 2.23. The van der Waals surface area contributed by atoms with Gasteiger partial charge < -0.3 is 24.4 Å². The maximum Gasteiger partial charge on any atom is 0.317 e. The first-order chi connectivity index (χ1) is 14.2. The Bertz CT molecular complexity index is 925. The quantitative estimate of drug-likeness (QED) is 0.820. The summed E-state index contributed by atoms with van der Waals surface area (Å²) in [6.07, 6.45) is 0. The largest absolute Gasteiger partial charge is 0.497 e. The third kappa shape index (κ3) is 4.25. The number of hydrogen-bond donors (Lipinski definition) is 1. The molecule has 29 heavy (non-hydrogen) atoms. The van der Waals surface area contributed by atoms with Crippen LogP contribution in [0.2, 0.25) is 0 Å². The Hall–Kier alpha value is -2.91. The van der Waals surface area contributed by atoms with E-state index in [1.807, 2.05) is 24.3 Å². The molecule has 0 spiro atoms. The zero-order valence-corrected chi connectivity index (χ0v) is 16.2. The van der Waals surface area contributed by atoms with Crippen molar-refractivity contribution in [3.05, 3.63) is 46.8 Å². The molecule has 0 bridgehead atoms. The van der Waals surface area contributed by atoms with E-state index < -0.39 is 0 Å². The van der Waals surface area contributed by atoms with Crippen molar-refractivity contribution in [3.63, 3.8) is 0 Å². The highest BCUT2D eigenvalue weighted by atomic mass is 16.5. The Kier molecular flexibility index (Phi) is 5.77. The number of hydrogen-bond acceptors (Lipinski definition) is 6. The van der Waals surface area contributed by atoms with Gasteiger partial charge in [-0.1, -0.05) is 12.1 Å². The highest BCUT2D eigenvalue weighted by molar-refractivity contribution is 5.74. The summed E-state index contributed by atoms with van der Waals surface area (Å²) in [4.78, 5) is 26.8. The second-order valence-electron chi connectivity index (χ2n) is 6.99. The van der Waals surface area contributed by atoms with Gasteiger partial charge in [0.25, 0.3) is 5.56 Å². The summed E-state index contributed by atoms with van der Waals surface area (Å²) in [5.74, 6) is 0.710. The smallest absolute Gasteiger partial charge is 0.317 e. The van der Waals surface area contributed by atoms with Crippen LogP contribution >= 0.6 is 0 Å². The van der Waals surface area contributed by atoms with Crippen molar-refractivity contribution in [1.29, 1.82) is 0 Å². The van der Waals surface area contributed by atoms with Gasteiger partial charge in [-0.05, 0) is 18.2 Å². The Labute approximate surface area is 168 Å². The van der Waals surface area contributed by atoms with Gasteiger partial charge in [-0.3, -0.25) is 4.79 Å². The summed E-state index contributed by atoms with van der Waals surface area (Å²) in [7, 11) is 1.60. The molecule has 2 fully saturated rings. The third-order valence-corrected chi connectivity index (χ3v) is 5.16. The Morgan fingerprint density at radius 1 is 1.17 bits per heavy atom. The summed E-state index contributed by atoms with van der Waals surface area (Å²) < 4.78 is 17.5. The number of rotatable bonds is 4. The lowest BCUT2D eigenvalue weighted by molar-refractivity contribution is 0.0521. The van der Waals surface area contributed by atoms with Crippen LogP contribution in [0.1, 0.15) is 6.04 Å². The summed E-state index contributed by atoms with van der Waals surface area (Å²) in [5.41, 5.74) is 1.25. The summed E-state index contributed by atoms with van der Waals surface area (Å²) in [6, 6.07) is 9.77. The van der Waals surface area contributed by atoms with Crippen molar-refractivity contribution in [2.45, 2.75) is 12.1 Å². The molecule has 2 amide bonds. The predicted molar refractivity (Wildman–Crippen MR) is 105 cm³/mol. The van der Waals surface area contributed by atoms with Crippen LogP contribution in [0.5, 0.6) is 5.75 Å².